The highest BCUT2D eigenvalue weighted by Gasteiger charge is 2.32. The van der Waals surface area contributed by atoms with Gasteiger partial charge in [0, 0.05) is 23.5 Å². The van der Waals surface area contributed by atoms with E-state index in [1.807, 2.05) is 0 Å². The SMILES string of the molecule is O=C(O)c1ccc2oc(C(=O)Nc3ccc(Cl)cn3)c(NC(=O)C3CCC(N4CCCC4)CC3)c2c1. The summed E-state index contributed by atoms with van der Waals surface area (Å²) in [6.45, 7) is 2.27. The number of pyridine rings is 1. The molecule has 2 aromatic heterocycles. The first-order valence-corrected chi connectivity index (χ1v) is 12.5. The number of aromatic nitrogens is 1. The highest BCUT2D eigenvalue weighted by Crippen LogP contribution is 2.35. The molecule has 0 bridgehead atoms. The molecule has 3 N–H and O–H groups in total. The minimum atomic E-state index is -1.12. The summed E-state index contributed by atoms with van der Waals surface area (Å²) in [5.74, 6) is -1.99. The Kier molecular flexibility index (Phi) is 6.93. The summed E-state index contributed by atoms with van der Waals surface area (Å²) in [5.41, 5.74) is 0.477. The smallest absolute Gasteiger partial charge is 0.335 e. The van der Waals surface area contributed by atoms with Crippen molar-refractivity contribution in [2.45, 2.75) is 44.6 Å². The number of halogens is 1. The van der Waals surface area contributed by atoms with Gasteiger partial charge in [0.2, 0.25) is 11.7 Å². The molecule has 188 valence electrons. The van der Waals surface area contributed by atoms with Crippen molar-refractivity contribution in [1.82, 2.24) is 9.88 Å². The molecule has 0 atom stereocenters. The summed E-state index contributed by atoms with van der Waals surface area (Å²) in [7, 11) is 0. The zero-order valence-corrected chi connectivity index (χ0v) is 20.4. The number of carbonyl (C=O) groups excluding carboxylic acids is 2. The van der Waals surface area contributed by atoms with Crippen LogP contribution in [0, 0.1) is 5.92 Å². The third-order valence-corrected chi connectivity index (χ3v) is 7.31. The molecule has 0 unspecified atom stereocenters. The summed E-state index contributed by atoms with van der Waals surface area (Å²) in [5, 5.41) is 15.7. The third-order valence-electron chi connectivity index (χ3n) is 7.08. The predicted octanol–water partition coefficient (Wildman–Crippen LogP) is 5.02. The van der Waals surface area contributed by atoms with Crippen LogP contribution in [0.1, 0.15) is 59.4 Å². The van der Waals surface area contributed by atoms with Crippen LogP contribution < -0.4 is 10.6 Å². The number of anilines is 2. The van der Waals surface area contributed by atoms with Crippen LogP contribution in [0.15, 0.2) is 40.9 Å². The molecule has 2 fully saturated rings. The maximum Gasteiger partial charge on any atom is 0.335 e. The molecular formula is C26H27ClN4O5. The summed E-state index contributed by atoms with van der Waals surface area (Å²) < 4.78 is 5.78. The minimum absolute atomic E-state index is 0.0243. The molecular weight excluding hydrogens is 484 g/mol. The number of likely N-dealkylation sites (tertiary alicyclic amines) is 1. The lowest BCUT2D eigenvalue weighted by Crippen LogP contribution is -2.38. The first kappa shape index (κ1) is 24.3. The molecule has 2 aliphatic rings. The fourth-order valence-corrected chi connectivity index (χ4v) is 5.28. The van der Waals surface area contributed by atoms with Crippen molar-refractivity contribution in [3.05, 3.63) is 52.9 Å². The molecule has 2 amide bonds. The van der Waals surface area contributed by atoms with E-state index < -0.39 is 11.9 Å². The topological polar surface area (TPSA) is 125 Å². The predicted molar refractivity (Wildman–Crippen MR) is 136 cm³/mol. The number of rotatable bonds is 6. The average Bonchev–Trinajstić information content (AvgIpc) is 3.54. The van der Waals surface area contributed by atoms with Gasteiger partial charge in [0.05, 0.1) is 10.6 Å². The molecule has 5 rings (SSSR count). The fraction of sp³-hybridized carbons (Fsp3) is 0.385. The maximum atomic E-state index is 13.3. The van der Waals surface area contributed by atoms with Crippen LogP contribution in [0.25, 0.3) is 11.0 Å². The molecule has 1 aliphatic carbocycles. The van der Waals surface area contributed by atoms with Crippen LogP contribution in [-0.2, 0) is 4.79 Å². The summed E-state index contributed by atoms with van der Waals surface area (Å²) >= 11 is 5.87. The fourth-order valence-electron chi connectivity index (χ4n) is 5.17. The second-order valence-corrected chi connectivity index (χ2v) is 9.81. The van der Waals surface area contributed by atoms with E-state index in [9.17, 15) is 19.5 Å². The Hall–Kier alpha value is -3.43. The molecule has 0 radical (unpaired) electrons. The number of amides is 2. The van der Waals surface area contributed by atoms with Gasteiger partial charge in [-0.05, 0) is 81.9 Å². The number of carboxylic acid groups (broad SMARTS) is 1. The van der Waals surface area contributed by atoms with Crippen LogP contribution in [0.5, 0.6) is 0 Å². The minimum Gasteiger partial charge on any atom is -0.478 e. The number of hydrogen-bond donors (Lipinski definition) is 3. The first-order chi connectivity index (χ1) is 17.4. The number of benzene rings is 1. The Bertz CT molecular complexity index is 1290. The van der Waals surface area contributed by atoms with E-state index in [0.717, 1.165) is 38.8 Å². The van der Waals surface area contributed by atoms with Crippen molar-refractivity contribution in [2.24, 2.45) is 5.92 Å². The summed E-state index contributed by atoms with van der Waals surface area (Å²) in [6.07, 6.45) is 7.33. The van der Waals surface area contributed by atoms with Crippen LogP contribution in [-0.4, -0.2) is 51.9 Å². The molecule has 1 aliphatic heterocycles. The van der Waals surface area contributed by atoms with E-state index in [0.29, 0.717) is 22.0 Å². The van der Waals surface area contributed by atoms with Gasteiger partial charge in [0.25, 0.3) is 5.91 Å². The molecule has 10 heteroatoms. The molecule has 1 saturated heterocycles. The van der Waals surface area contributed by atoms with E-state index in [4.69, 9.17) is 16.0 Å². The molecule has 0 spiro atoms. The van der Waals surface area contributed by atoms with Crippen LogP contribution in [0.3, 0.4) is 0 Å². The average molecular weight is 511 g/mol. The number of furan rings is 1. The van der Waals surface area contributed by atoms with E-state index in [2.05, 4.69) is 20.5 Å². The number of aromatic carboxylic acids is 1. The molecule has 1 saturated carbocycles. The van der Waals surface area contributed by atoms with Crippen molar-refractivity contribution in [1.29, 1.82) is 0 Å². The van der Waals surface area contributed by atoms with Crippen molar-refractivity contribution in [3.63, 3.8) is 0 Å². The van der Waals surface area contributed by atoms with Gasteiger partial charge in [0.15, 0.2) is 0 Å². The van der Waals surface area contributed by atoms with Crippen molar-refractivity contribution < 1.29 is 23.9 Å². The lowest BCUT2D eigenvalue weighted by atomic mass is 9.84. The molecule has 1 aromatic carbocycles. The number of nitrogens with one attached hydrogen (secondary N) is 2. The lowest BCUT2D eigenvalue weighted by Gasteiger charge is -2.33. The Morgan fingerprint density at radius 2 is 1.78 bits per heavy atom. The van der Waals surface area contributed by atoms with Crippen LogP contribution in [0.2, 0.25) is 5.02 Å². The standard InChI is InChI=1S/C26H27ClN4O5/c27-17-6-10-21(28-14-17)29-25(33)23-22(19-13-16(26(34)35)5-9-20(19)36-23)30-24(32)15-3-7-18(8-4-15)31-11-1-2-12-31/h5-6,9-10,13-15,18H,1-4,7-8,11-12H2,(H,30,32)(H,34,35)(H,28,29,33). The number of carbonyl (C=O) groups is 3. The summed E-state index contributed by atoms with van der Waals surface area (Å²) in [6, 6.07) is 7.93. The van der Waals surface area contributed by atoms with E-state index in [-0.39, 0.29) is 34.7 Å². The molecule has 9 nitrogen and oxygen atoms in total. The van der Waals surface area contributed by atoms with Crippen LogP contribution >= 0.6 is 11.6 Å². The Labute approximate surface area is 212 Å². The molecule has 36 heavy (non-hydrogen) atoms. The zero-order valence-electron chi connectivity index (χ0n) is 19.6. The highest BCUT2D eigenvalue weighted by molar-refractivity contribution is 6.30. The number of carboxylic acids is 1. The Morgan fingerprint density at radius 3 is 2.44 bits per heavy atom. The number of fused-ring (bicyclic) bond motifs is 1. The van der Waals surface area contributed by atoms with Gasteiger partial charge in [-0.1, -0.05) is 11.6 Å². The van der Waals surface area contributed by atoms with Gasteiger partial charge >= 0.3 is 5.97 Å². The largest absolute Gasteiger partial charge is 0.478 e. The van der Waals surface area contributed by atoms with Crippen LogP contribution in [0.4, 0.5) is 11.5 Å². The Morgan fingerprint density at radius 1 is 1.03 bits per heavy atom. The second-order valence-electron chi connectivity index (χ2n) is 9.38. The third kappa shape index (κ3) is 5.08. The Balaban J connectivity index is 1.39. The second kappa shape index (κ2) is 10.3. The molecule has 3 aromatic rings. The van der Waals surface area contributed by atoms with Gasteiger partial charge < -0.3 is 25.1 Å². The first-order valence-electron chi connectivity index (χ1n) is 12.2. The maximum absolute atomic E-state index is 13.3. The number of nitrogens with zero attached hydrogens (tertiary/aromatic N) is 2. The van der Waals surface area contributed by atoms with Gasteiger partial charge in [-0.25, -0.2) is 9.78 Å². The van der Waals surface area contributed by atoms with Gasteiger partial charge in [0.1, 0.15) is 17.1 Å². The number of hydrogen-bond acceptors (Lipinski definition) is 6. The normalized spacial score (nSPS) is 20.4. The van der Waals surface area contributed by atoms with Crippen molar-refractivity contribution in [3.8, 4) is 0 Å². The lowest BCUT2D eigenvalue weighted by molar-refractivity contribution is -0.121. The molecule has 3 heterocycles. The summed E-state index contributed by atoms with van der Waals surface area (Å²) in [4.78, 5) is 44.5. The van der Waals surface area contributed by atoms with Crippen molar-refractivity contribution >= 4 is 51.9 Å². The van der Waals surface area contributed by atoms with Gasteiger partial charge in [-0.15, -0.1) is 0 Å². The van der Waals surface area contributed by atoms with E-state index in [1.165, 1.54) is 37.2 Å². The zero-order chi connectivity index (χ0) is 25.2. The van der Waals surface area contributed by atoms with Gasteiger partial charge in [-0.2, -0.15) is 0 Å². The quantitative estimate of drug-likeness (QED) is 0.425. The van der Waals surface area contributed by atoms with Gasteiger partial charge in [-0.3, -0.25) is 9.59 Å². The van der Waals surface area contributed by atoms with E-state index in [1.54, 1.807) is 12.1 Å². The van der Waals surface area contributed by atoms with Crippen molar-refractivity contribution in [2.75, 3.05) is 23.7 Å². The van der Waals surface area contributed by atoms with E-state index >= 15 is 0 Å². The monoisotopic (exact) mass is 510 g/mol. The highest BCUT2D eigenvalue weighted by atomic mass is 35.5.